The van der Waals surface area contributed by atoms with Crippen molar-refractivity contribution in [2.24, 2.45) is 7.05 Å². The quantitative estimate of drug-likeness (QED) is 0.173. The third-order valence-corrected chi connectivity index (χ3v) is 4.23. The molecule has 0 aliphatic rings. The summed E-state index contributed by atoms with van der Waals surface area (Å²) in [5, 5.41) is 19.6. The Balaban J connectivity index is 2.34. The number of aliphatic hydroxyl groups excluding tert-OH is 1. The molecule has 8 nitrogen and oxygen atoms in total. The highest BCUT2D eigenvalue weighted by Gasteiger charge is 2.16. The molecule has 10 heteroatoms. The molecule has 2 aromatic rings. The Labute approximate surface area is 169 Å². The fourth-order valence-electron chi connectivity index (χ4n) is 1.96. The van der Waals surface area contributed by atoms with Crippen LogP contribution in [0.1, 0.15) is 11.6 Å². The second-order valence-electron chi connectivity index (χ2n) is 5.45. The number of hydroxylamine groups is 1. The van der Waals surface area contributed by atoms with E-state index in [1.807, 2.05) is 22.6 Å². The maximum Gasteiger partial charge on any atom is 0.276 e. The minimum absolute atomic E-state index is 0.00783. The van der Waals surface area contributed by atoms with E-state index >= 15 is 0 Å². The number of hydrogen-bond donors (Lipinski definition) is 3. The summed E-state index contributed by atoms with van der Waals surface area (Å²) in [6, 6.07) is 4.64. The van der Waals surface area contributed by atoms with Crippen LogP contribution in [0.4, 0.5) is 10.1 Å². The number of rotatable bonds is 8. The van der Waals surface area contributed by atoms with Gasteiger partial charge in [-0.1, -0.05) is 6.58 Å². The van der Waals surface area contributed by atoms with Crippen LogP contribution in [0.3, 0.4) is 0 Å². The molecule has 1 aromatic carbocycles. The van der Waals surface area contributed by atoms with Crippen LogP contribution in [0.25, 0.3) is 6.08 Å². The summed E-state index contributed by atoms with van der Waals surface area (Å²) in [6.07, 6.45) is 1.53. The minimum Gasteiger partial charge on any atom is -0.394 e. The molecule has 0 bridgehead atoms. The van der Waals surface area contributed by atoms with Gasteiger partial charge in [-0.15, -0.1) is 10.2 Å². The van der Waals surface area contributed by atoms with Gasteiger partial charge in [0, 0.05) is 16.7 Å². The fourth-order valence-corrected chi connectivity index (χ4v) is 2.41. The number of benzene rings is 1. The molecular formula is C17H19FIN5O3. The van der Waals surface area contributed by atoms with Crippen LogP contribution in [0, 0.1) is 16.3 Å². The van der Waals surface area contributed by atoms with E-state index < -0.39 is 11.7 Å². The molecule has 0 atom stereocenters. The van der Waals surface area contributed by atoms with Crippen molar-refractivity contribution in [3.05, 3.63) is 57.1 Å². The second-order valence-corrected chi connectivity index (χ2v) is 6.70. The van der Waals surface area contributed by atoms with Crippen LogP contribution in [0.2, 0.25) is 0 Å². The predicted octanol–water partition coefficient (Wildman–Crippen LogP) is 1.92. The van der Waals surface area contributed by atoms with Crippen molar-refractivity contribution in [3.8, 4) is 0 Å². The first kappa shape index (κ1) is 21.0. The standard InChI is InChI=1S/C17H19FIN5O3/c1-10(17(26)23-27-7-6-25)15(9-16-22-21-11(2)24(16)3)20-14-5-4-12(19)8-13(14)18/h4-5,8-9,20,25H,1,6-7H2,2-3H3,(H,23,26)/b15-9+. The fraction of sp³-hybridized carbons (Fsp3) is 0.235. The molecule has 0 aliphatic carbocycles. The largest absolute Gasteiger partial charge is 0.394 e. The number of aliphatic hydroxyl groups is 1. The summed E-state index contributed by atoms with van der Waals surface area (Å²) < 4.78 is 16.7. The number of aromatic nitrogens is 3. The zero-order valence-corrected chi connectivity index (χ0v) is 16.9. The Morgan fingerprint density at radius 1 is 1.48 bits per heavy atom. The van der Waals surface area contributed by atoms with Crippen molar-refractivity contribution in [2.45, 2.75) is 6.92 Å². The predicted molar refractivity (Wildman–Crippen MR) is 107 cm³/mol. The topological polar surface area (TPSA) is 101 Å². The highest BCUT2D eigenvalue weighted by Crippen LogP contribution is 2.22. The van der Waals surface area contributed by atoms with Gasteiger partial charge in [0.25, 0.3) is 5.91 Å². The molecule has 0 spiro atoms. The van der Waals surface area contributed by atoms with E-state index in [1.54, 1.807) is 30.7 Å². The molecule has 1 amide bonds. The van der Waals surface area contributed by atoms with E-state index in [9.17, 15) is 9.18 Å². The molecule has 0 aliphatic heterocycles. The van der Waals surface area contributed by atoms with Crippen LogP contribution in [0.5, 0.6) is 0 Å². The first-order chi connectivity index (χ1) is 12.8. The maximum absolute atomic E-state index is 14.2. The van der Waals surface area contributed by atoms with Crippen molar-refractivity contribution >= 4 is 40.3 Å². The summed E-state index contributed by atoms with van der Waals surface area (Å²) in [4.78, 5) is 17.0. The number of halogens is 2. The smallest absolute Gasteiger partial charge is 0.276 e. The highest BCUT2D eigenvalue weighted by atomic mass is 127. The van der Waals surface area contributed by atoms with Gasteiger partial charge in [0.1, 0.15) is 11.6 Å². The van der Waals surface area contributed by atoms with Crippen molar-refractivity contribution < 1.29 is 19.1 Å². The molecule has 0 saturated heterocycles. The number of amides is 1. The van der Waals surface area contributed by atoms with Crippen LogP contribution >= 0.6 is 22.6 Å². The number of nitrogens with one attached hydrogen (secondary N) is 2. The third kappa shape index (κ3) is 5.58. The van der Waals surface area contributed by atoms with Crippen LogP contribution in [0.15, 0.2) is 36.0 Å². The van der Waals surface area contributed by atoms with Gasteiger partial charge >= 0.3 is 0 Å². The van der Waals surface area contributed by atoms with Gasteiger partial charge in [0.2, 0.25) is 0 Å². The normalized spacial score (nSPS) is 11.4. The molecular weight excluding hydrogens is 468 g/mol. The van der Waals surface area contributed by atoms with Crippen molar-refractivity contribution in [3.63, 3.8) is 0 Å². The number of aryl methyl sites for hydroxylation is 1. The number of anilines is 1. The second kappa shape index (κ2) is 9.58. The number of hydrogen-bond acceptors (Lipinski definition) is 6. The zero-order chi connectivity index (χ0) is 20.0. The minimum atomic E-state index is -0.646. The monoisotopic (exact) mass is 487 g/mol. The van der Waals surface area contributed by atoms with E-state index in [-0.39, 0.29) is 30.2 Å². The molecule has 1 aromatic heterocycles. The first-order valence-electron chi connectivity index (χ1n) is 7.85. The molecule has 0 fully saturated rings. The van der Waals surface area contributed by atoms with E-state index in [0.717, 1.165) is 3.57 Å². The van der Waals surface area contributed by atoms with Crippen molar-refractivity contribution in [1.82, 2.24) is 20.2 Å². The molecule has 0 unspecified atom stereocenters. The number of carbonyl (C=O) groups is 1. The van der Waals surface area contributed by atoms with E-state index in [4.69, 9.17) is 9.94 Å². The molecule has 1 heterocycles. The summed E-state index contributed by atoms with van der Waals surface area (Å²) in [5.74, 6) is -0.00720. The van der Waals surface area contributed by atoms with Gasteiger partial charge in [-0.05, 0) is 47.7 Å². The zero-order valence-electron chi connectivity index (χ0n) is 14.8. The lowest BCUT2D eigenvalue weighted by molar-refractivity contribution is -0.129. The highest BCUT2D eigenvalue weighted by molar-refractivity contribution is 14.1. The third-order valence-electron chi connectivity index (χ3n) is 3.56. The van der Waals surface area contributed by atoms with Gasteiger partial charge in [-0.3, -0.25) is 9.63 Å². The lowest BCUT2D eigenvalue weighted by Gasteiger charge is -2.14. The molecule has 144 valence electrons. The average molecular weight is 487 g/mol. The summed E-state index contributed by atoms with van der Waals surface area (Å²) in [5.41, 5.74) is 2.54. The lowest BCUT2D eigenvalue weighted by atomic mass is 10.1. The van der Waals surface area contributed by atoms with Gasteiger partial charge in [-0.2, -0.15) is 0 Å². The van der Waals surface area contributed by atoms with E-state index in [0.29, 0.717) is 11.6 Å². The van der Waals surface area contributed by atoms with Crippen molar-refractivity contribution in [2.75, 3.05) is 18.5 Å². The van der Waals surface area contributed by atoms with Gasteiger partial charge in [-0.25, -0.2) is 9.87 Å². The molecule has 0 saturated carbocycles. The molecule has 3 N–H and O–H groups in total. The van der Waals surface area contributed by atoms with Crippen molar-refractivity contribution in [1.29, 1.82) is 0 Å². The SMILES string of the molecule is C=C(C(=O)NOCCO)/C(=C\c1nnc(C)n1C)Nc1ccc(I)cc1F. The molecule has 27 heavy (non-hydrogen) atoms. The Morgan fingerprint density at radius 2 is 2.22 bits per heavy atom. The first-order valence-corrected chi connectivity index (χ1v) is 8.93. The van der Waals surface area contributed by atoms with Crippen LogP contribution in [-0.2, 0) is 16.7 Å². The maximum atomic E-state index is 14.2. The molecule has 2 rings (SSSR count). The Morgan fingerprint density at radius 3 is 2.81 bits per heavy atom. The van der Waals surface area contributed by atoms with E-state index in [2.05, 4.69) is 27.6 Å². The Hall–Kier alpha value is -2.31. The van der Waals surface area contributed by atoms with Crippen LogP contribution < -0.4 is 10.8 Å². The summed E-state index contributed by atoms with van der Waals surface area (Å²) in [6.45, 7) is 5.20. The number of nitrogens with zero attached hydrogens (tertiary/aromatic N) is 3. The molecule has 0 radical (unpaired) electrons. The van der Waals surface area contributed by atoms with Crippen LogP contribution in [-0.4, -0.2) is 39.0 Å². The number of carbonyl (C=O) groups excluding carboxylic acids is 1. The van der Waals surface area contributed by atoms with Gasteiger partial charge in [0.05, 0.1) is 30.2 Å². The summed E-state index contributed by atoms with van der Waals surface area (Å²) >= 11 is 2.00. The van der Waals surface area contributed by atoms with Gasteiger partial charge in [0.15, 0.2) is 5.82 Å². The van der Waals surface area contributed by atoms with Gasteiger partial charge < -0.3 is 15.0 Å². The summed E-state index contributed by atoms with van der Waals surface area (Å²) in [7, 11) is 1.76. The Kier molecular flexibility index (Phi) is 7.45. The average Bonchev–Trinajstić information content (AvgIpc) is 2.94. The van der Waals surface area contributed by atoms with E-state index in [1.165, 1.54) is 12.1 Å². The lowest BCUT2D eigenvalue weighted by Crippen LogP contribution is -2.28. The Bertz CT molecular complexity index is 881.